The van der Waals surface area contributed by atoms with E-state index in [9.17, 15) is 4.79 Å². The highest BCUT2D eigenvalue weighted by Gasteiger charge is 2.22. The molecule has 0 spiro atoms. The lowest BCUT2D eigenvalue weighted by Crippen LogP contribution is -2.38. The zero-order chi connectivity index (χ0) is 15.1. The van der Waals surface area contributed by atoms with E-state index in [1.807, 2.05) is 13.0 Å². The molecule has 2 rings (SSSR count). The van der Waals surface area contributed by atoms with Crippen molar-refractivity contribution in [3.05, 3.63) is 42.0 Å². The summed E-state index contributed by atoms with van der Waals surface area (Å²) in [7, 11) is 0. The third kappa shape index (κ3) is 4.90. The van der Waals surface area contributed by atoms with Gasteiger partial charge in [0.15, 0.2) is 0 Å². The predicted octanol–water partition coefficient (Wildman–Crippen LogP) is 2.47. The highest BCUT2D eigenvalue weighted by atomic mass is 16.2. The Kier molecular flexibility index (Phi) is 5.81. The smallest absolute Gasteiger partial charge is 0.314 e. The van der Waals surface area contributed by atoms with Crippen LogP contribution in [-0.4, -0.2) is 37.1 Å². The molecular weight excluding hydrogens is 262 g/mol. The number of benzene rings is 1. The summed E-state index contributed by atoms with van der Waals surface area (Å²) in [5, 5.41) is 5.70. The van der Waals surface area contributed by atoms with Gasteiger partial charge in [-0.05, 0) is 36.9 Å². The van der Waals surface area contributed by atoms with E-state index in [2.05, 4.69) is 46.4 Å². The maximum absolute atomic E-state index is 11.4. The van der Waals surface area contributed by atoms with Crippen LogP contribution in [0.3, 0.4) is 0 Å². The van der Waals surface area contributed by atoms with Crippen LogP contribution in [0.2, 0.25) is 0 Å². The molecule has 1 aliphatic heterocycles. The van der Waals surface area contributed by atoms with E-state index < -0.39 is 0 Å². The van der Waals surface area contributed by atoms with E-state index in [4.69, 9.17) is 0 Å². The summed E-state index contributed by atoms with van der Waals surface area (Å²) >= 11 is 0. The first-order valence-electron chi connectivity index (χ1n) is 7.66. The van der Waals surface area contributed by atoms with Gasteiger partial charge in [0.25, 0.3) is 0 Å². The highest BCUT2D eigenvalue weighted by Crippen LogP contribution is 2.18. The van der Waals surface area contributed by atoms with Gasteiger partial charge in [-0.3, -0.25) is 4.90 Å². The van der Waals surface area contributed by atoms with Crippen LogP contribution in [0.5, 0.6) is 0 Å². The van der Waals surface area contributed by atoms with Crippen LogP contribution in [-0.2, 0) is 6.54 Å². The molecule has 4 heteroatoms. The Morgan fingerprint density at radius 3 is 3.10 bits per heavy atom. The molecule has 0 aliphatic carbocycles. The van der Waals surface area contributed by atoms with Crippen molar-refractivity contribution >= 4 is 12.1 Å². The molecule has 4 nitrogen and oxygen atoms in total. The van der Waals surface area contributed by atoms with E-state index in [-0.39, 0.29) is 6.03 Å². The monoisotopic (exact) mass is 287 g/mol. The molecular formula is C17H25N3O. The average molecular weight is 287 g/mol. The van der Waals surface area contributed by atoms with Crippen LogP contribution < -0.4 is 10.6 Å². The van der Waals surface area contributed by atoms with Gasteiger partial charge in [-0.1, -0.05) is 36.9 Å². The topological polar surface area (TPSA) is 44.4 Å². The average Bonchev–Trinajstić information content (AvgIpc) is 2.93. The van der Waals surface area contributed by atoms with Gasteiger partial charge < -0.3 is 10.6 Å². The minimum atomic E-state index is -0.0605. The van der Waals surface area contributed by atoms with Gasteiger partial charge in [0, 0.05) is 26.2 Å². The fraction of sp³-hybridized carbons (Fsp3) is 0.471. The zero-order valence-corrected chi connectivity index (χ0v) is 12.8. The van der Waals surface area contributed by atoms with Crippen LogP contribution in [0.25, 0.3) is 6.08 Å². The van der Waals surface area contributed by atoms with Crippen molar-refractivity contribution in [2.24, 2.45) is 5.92 Å². The summed E-state index contributed by atoms with van der Waals surface area (Å²) in [6.45, 7) is 10.3. The number of likely N-dealkylation sites (tertiary alicyclic amines) is 1. The number of amides is 2. The van der Waals surface area contributed by atoms with E-state index in [0.29, 0.717) is 12.5 Å². The lowest BCUT2D eigenvalue weighted by atomic mass is 10.1. The normalized spacial score (nSPS) is 18.4. The summed E-state index contributed by atoms with van der Waals surface area (Å²) < 4.78 is 0. The quantitative estimate of drug-likeness (QED) is 0.844. The highest BCUT2D eigenvalue weighted by molar-refractivity contribution is 5.73. The molecule has 0 unspecified atom stereocenters. The Morgan fingerprint density at radius 1 is 1.48 bits per heavy atom. The fourth-order valence-electron chi connectivity index (χ4n) is 2.76. The molecule has 0 aromatic heterocycles. The van der Waals surface area contributed by atoms with Gasteiger partial charge in [0.05, 0.1) is 0 Å². The first-order chi connectivity index (χ1) is 10.2. The van der Waals surface area contributed by atoms with E-state index >= 15 is 0 Å². The molecule has 1 fully saturated rings. The molecule has 1 atom stereocenters. The number of urea groups is 1. The molecule has 1 aliphatic rings. The molecule has 0 radical (unpaired) electrons. The molecule has 21 heavy (non-hydrogen) atoms. The Hall–Kier alpha value is -1.81. The van der Waals surface area contributed by atoms with Gasteiger partial charge in [-0.25, -0.2) is 4.79 Å². The standard InChI is InChI=1S/C17H25N3O/c1-3-14-6-5-7-15(10-14)12-20-9-8-16(13-20)11-19-17(21)18-4-2/h3,5-7,10,16H,1,4,8-9,11-13H2,2H3,(H2,18,19,21)/t16-/m0/s1. The van der Waals surface area contributed by atoms with Crippen molar-refractivity contribution in [2.75, 3.05) is 26.2 Å². The van der Waals surface area contributed by atoms with Crippen LogP contribution in [0, 0.1) is 5.92 Å². The minimum Gasteiger partial charge on any atom is -0.338 e. The molecule has 0 bridgehead atoms. The lowest BCUT2D eigenvalue weighted by molar-refractivity contribution is 0.239. The number of nitrogens with zero attached hydrogens (tertiary/aromatic N) is 1. The molecule has 2 N–H and O–H groups in total. The third-order valence-corrected chi connectivity index (χ3v) is 3.85. The fourth-order valence-corrected chi connectivity index (χ4v) is 2.76. The second-order valence-electron chi connectivity index (χ2n) is 5.58. The summed E-state index contributed by atoms with van der Waals surface area (Å²) in [6.07, 6.45) is 3.03. The first kappa shape index (κ1) is 15.6. The van der Waals surface area contributed by atoms with E-state index in [0.717, 1.165) is 32.6 Å². The summed E-state index contributed by atoms with van der Waals surface area (Å²) in [4.78, 5) is 13.8. The maximum Gasteiger partial charge on any atom is 0.314 e. The zero-order valence-electron chi connectivity index (χ0n) is 12.8. The van der Waals surface area contributed by atoms with Gasteiger partial charge in [-0.2, -0.15) is 0 Å². The van der Waals surface area contributed by atoms with Crippen LogP contribution in [0.1, 0.15) is 24.5 Å². The second-order valence-corrected chi connectivity index (χ2v) is 5.58. The van der Waals surface area contributed by atoms with Crippen LogP contribution in [0.4, 0.5) is 4.79 Å². The largest absolute Gasteiger partial charge is 0.338 e. The molecule has 0 saturated carbocycles. The van der Waals surface area contributed by atoms with Crippen molar-refractivity contribution in [2.45, 2.75) is 19.9 Å². The SMILES string of the molecule is C=Cc1cccc(CN2CC[C@@H](CNC(=O)NCC)C2)c1. The molecule has 1 aromatic carbocycles. The number of hydrogen-bond donors (Lipinski definition) is 2. The number of hydrogen-bond acceptors (Lipinski definition) is 2. The van der Waals surface area contributed by atoms with Crippen molar-refractivity contribution in [3.8, 4) is 0 Å². The van der Waals surface area contributed by atoms with Crippen LogP contribution in [0.15, 0.2) is 30.8 Å². The third-order valence-electron chi connectivity index (χ3n) is 3.85. The Balaban J connectivity index is 1.77. The Labute approximate surface area is 127 Å². The lowest BCUT2D eigenvalue weighted by Gasteiger charge is -2.17. The first-order valence-corrected chi connectivity index (χ1v) is 7.66. The predicted molar refractivity (Wildman–Crippen MR) is 87.0 cm³/mol. The molecule has 2 amide bonds. The summed E-state index contributed by atoms with van der Waals surface area (Å²) in [5.74, 6) is 0.551. The second kappa shape index (κ2) is 7.84. The van der Waals surface area contributed by atoms with E-state index in [1.54, 1.807) is 0 Å². The number of nitrogens with one attached hydrogen (secondary N) is 2. The molecule has 114 valence electrons. The Bertz CT molecular complexity index is 487. The van der Waals surface area contributed by atoms with Crippen molar-refractivity contribution < 1.29 is 4.79 Å². The molecule has 1 aromatic rings. The van der Waals surface area contributed by atoms with Gasteiger partial charge >= 0.3 is 6.03 Å². The van der Waals surface area contributed by atoms with Crippen molar-refractivity contribution in [3.63, 3.8) is 0 Å². The molecule has 1 heterocycles. The minimum absolute atomic E-state index is 0.0605. The maximum atomic E-state index is 11.4. The van der Waals surface area contributed by atoms with Crippen molar-refractivity contribution in [1.82, 2.24) is 15.5 Å². The van der Waals surface area contributed by atoms with Gasteiger partial charge in [0.2, 0.25) is 0 Å². The molecule has 1 saturated heterocycles. The van der Waals surface area contributed by atoms with Crippen LogP contribution >= 0.6 is 0 Å². The van der Waals surface area contributed by atoms with Crippen molar-refractivity contribution in [1.29, 1.82) is 0 Å². The van der Waals surface area contributed by atoms with Gasteiger partial charge in [-0.15, -0.1) is 0 Å². The number of carbonyl (C=O) groups excluding carboxylic acids is 1. The van der Waals surface area contributed by atoms with E-state index in [1.165, 1.54) is 11.1 Å². The number of rotatable bonds is 6. The summed E-state index contributed by atoms with van der Waals surface area (Å²) in [6, 6.07) is 8.44. The summed E-state index contributed by atoms with van der Waals surface area (Å²) in [5.41, 5.74) is 2.49. The number of carbonyl (C=O) groups is 1. The Morgan fingerprint density at radius 2 is 2.33 bits per heavy atom. The van der Waals surface area contributed by atoms with Gasteiger partial charge in [0.1, 0.15) is 0 Å².